The molecule has 6 nitrogen and oxygen atoms in total. The van der Waals surface area contributed by atoms with Crippen LogP contribution in [0.2, 0.25) is 0 Å². The van der Waals surface area contributed by atoms with Crippen molar-refractivity contribution in [2.24, 2.45) is 11.5 Å². The molecule has 1 unspecified atom stereocenters. The molecule has 6 heteroatoms. The van der Waals surface area contributed by atoms with Crippen molar-refractivity contribution in [3.05, 3.63) is 11.3 Å². The van der Waals surface area contributed by atoms with Crippen molar-refractivity contribution in [1.82, 2.24) is 5.06 Å². The first kappa shape index (κ1) is 14.8. The van der Waals surface area contributed by atoms with Gasteiger partial charge in [-0.05, 0) is 33.2 Å². The summed E-state index contributed by atoms with van der Waals surface area (Å²) in [5.74, 6) is -0.312. The fourth-order valence-corrected chi connectivity index (χ4v) is 1.89. The van der Waals surface area contributed by atoms with E-state index in [-0.39, 0.29) is 5.91 Å². The van der Waals surface area contributed by atoms with Crippen LogP contribution >= 0.6 is 0 Å². The zero-order valence-corrected chi connectivity index (χ0v) is 10.9. The van der Waals surface area contributed by atoms with Crippen molar-refractivity contribution in [3.63, 3.8) is 0 Å². The topological polar surface area (TPSA) is 98.6 Å². The second-order valence-electron chi connectivity index (χ2n) is 4.43. The van der Waals surface area contributed by atoms with Crippen molar-refractivity contribution >= 4 is 12.2 Å². The lowest BCUT2D eigenvalue weighted by Crippen LogP contribution is -2.41. The maximum atomic E-state index is 12.1. The minimum atomic E-state index is -0.621. The number of unbranched alkanes of at least 4 members (excludes halogenated alkanes) is 1. The van der Waals surface area contributed by atoms with Gasteiger partial charge < -0.3 is 11.5 Å². The first-order valence-corrected chi connectivity index (χ1v) is 6.15. The molecule has 0 saturated carbocycles. The van der Waals surface area contributed by atoms with E-state index in [9.17, 15) is 9.59 Å². The molecule has 0 aromatic heterocycles. The number of allylic oxidation sites excluding steroid dienone is 1. The lowest BCUT2D eigenvalue weighted by atomic mass is 10.1. The molecule has 2 atom stereocenters. The second kappa shape index (κ2) is 6.63. The van der Waals surface area contributed by atoms with Gasteiger partial charge in [0.25, 0.3) is 5.91 Å². The van der Waals surface area contributed by atoms with Crippen LogP contribution in [-0.2, 0) is 14.4 Å². The third kappa shape index (κ3) is 3.16. The number of carbonyl (C=O) groups excluding carboxylic acids is 2. The molecule has 102 valence electrons. The first-order valence-electron chi connectivity index (χ1n) is 6.15. The largest absolute Gasteiger partial charge is 0.330 e. The van der Waals surface area contributed by atoms with E-state index in [0.29, 0.717) is 30.5 Å². The van der Waals surface area contributed by atoms with Crippen LogP contribution in [-0.4, -0.2) is 35.9 Å². The molecule has 0 radical (unpaired) electrons. The number of rotatable bonds is 6. The average molecular weight is 255 g/mol. The summed E-state index contributed by atoms with van der Waals surface area (Å²) in [7, 11) is 0. The Morgan fingerprint density at radius 1 is 1.56 bits per heavy atom. The quantitative estimate of drug-likeness (QED) is 0.517. The fourth-order valence-electron chi connectivity index (χ4n) is 1.89. The van der Waals surface area contributed by atoms with Crippen molar-refractivity contribution < 1.29 is 14.4 Å². The summed E-state index contributed by atoms with van der Waals surface area (Å²) < 4.78 is 0. The predicted octanol–water partition coefficient (Wildman–Crippen LogP) is 0.0779. The van der Waals surface area contributed by atoms with Crippen LogP contribution in [0.5, 0.6) is 0 Å². The summed E-state index contributed by atoms with van der Waals surface area (Å²) in [6.07, 6.45) is 2.52. The minimum absolute atomic E-state index is 0.312. The normalized spacial score (nSPS) is 21.3. The lowest BCUT2D eigenvalue weighted by molar-refractivity contribution is -0.176. The highest BCUT2D eigenvalue weighted by Gasteiger charge is 2.33. The Kier molecular flexibility index (Phi) is 5.46. The van der Waals surface area contributed by atoms with Gasteiger partial charge in [-0.25, -0.2) is 0 Å². The van der Waals surface area contributed by atoms with Crippen LogP contribution in [0, 0.1) is 0 Å². The number of aldehydes is 1. The highest BCUT2D eigenvalue weighted by molar-refractivity contribution is 5.85. The Hall–Kier alpha value is -1.24. The molecule has 1 aliphatic rings. The summed E-state index contributed by atoms with van der Waals surface area (Å²) >= 11 is 0. The summed E-state index contributed by atoms with van der Waals surface area (Å²) in [5, 5.41) is 1.14. The number of carbonyl (C=O) groups is 2. The molecule has 0 spiro atoms. The third-order valence-corrected chi connectivity index (χ3v) is 3.04. The van der Waals surface area contributed by atoms with Gasteiger partial charge in [-0.1, -0.05) is 6.42 Å². The van der Waals surface area contributed by atoms with E-state index in [0.717, 1.165) is 17.9 Å². The molecular formula is C12H21N3O3. The van der Waals surface area contributed by atoms with E-state index >= 15 is 0 Å². The van der Waals surface area contributed by atoms with Gasteiger partial charge in [0, 0.05) is 5.57 Å². The zero-order chi connectivity index (χ0) is 13.7. The van der Waals surface area contributed by atoms with Crippen molar-refractivity contribution in [3.8, 4) is 0 Å². The maximum absolute atomic E-state index is 12.1. The zero-order valence-electron chi connectivity index (χ0n) is 10.9. The number of hydroxylamine groups is 2. The molecule has 18 heavy (non-hydrogen) atoms. The fraction of sp³-hybridized carbons (Fsp3) is 0.667. The van der Waals surface area contributed by atoms with Crippen molar-refractivity contribution in [2.45, 2.75) is 45.3 Å². The van der Waals surface area contributed by atoms with Gasteiger partial charge in [0.1, 0.15) is 6.10 Å². The van der Waals surface area contributed by atoms with Gasteiger partial charge in [-0.15, -0.1) is 0 Å². The van der Waals surface area contributed by atoms with E-state index in [1.807, 2.05) is 0 Å². The Morgan fingerprint density at radius 2 is 2.22 bits per heavy atom. The number of nitrogens with two attached hydrogens (primary N) is 2. The van der Waals surface area contributed by atoms with Crippen molar-refractivity contribution in [2.75, 3.05) is 6.54 Å². The van der Waals surface area contributed by atoms with Gasteiger partial charge in [0.2, 0.25) is 0 Å². The Morgan fingerprint density at radius 3 is 2.72 bits per heavy atom. The van der Waals surface area contributed by atoms with Crippen LogP contribution in [0.1, 0.15) is 33.1 Å². The van der Waals surface area contributed by atoms with Crippen LogP contribution in [0.25, 0.3) is 0 Å². The van der Waals surface area contributed by atoms with E-state index in [4.69, 9.17) is 16.3 Å². The summed E-state index contributed by atoms with van der Waals surface area (Å²) in [6, 6.07) is -0.621. The Labute approximate surface area is 107 Å². The predicted molar refractivity (Wildman–Crippen MR) is 67.0 cm³/mol. The van der Waals surface area contributed by atoms with Crippen LogP contribution < -0.4 is 11.5 Å². The van der Waals surface area contributed by atoms with Crippen LogP contribution in [0.3, 0.4) is 0 Å². The summed E-state index contributed by atoms with van der Waals surface area (Å²) in [5.41, 5.74) is 12.2. The second-order valence-corrected chi connectivity index (χ2v) is 4.43. The molecule has 0 aromatic rings. The SMILES string of the molecule is CC1=C(C=O)C(C)ON1C(=O)[C@H](N)CCCCN. The minimum Gasteiger partial charge on any atom is -0.330 e. The molecule has 0 bridgehead atoms. The van der Waals surface area contributed by atoms with Gasteiger partial charge in [0.15, 0.2) is 6.29 Å². The summed E-state index contributed by atoms with van der Waals surface area (Å²) in [4.78, 5) is 28.2. The van der Waals surface area contributed by atoms with Gasteiger partial charge in [0.05, 0.1) is 11.7 Å². The molecule has 0 fully saturated rings. The highest BCUT2D eigenvalue weighted by atomic mass is 16.7. The monoisotopic (exact) mass is 255 g/mol. The van der Waals surface area contributed by atoms with Gasteiger partial charge in [-0.3, -0.25) is 14.4 Å². The first-order chi connectivity index (χ1) is 8.52. The molecule has 1 amide bonds. The maximum Gasteiger partial charge on any atom is 0.267 e. The van der Waals surface area contributed by atoms with E-state index < -0.39 is 12.1 Å². The smallest absolute Gasteiger partial charge is 0.267 e. The number of hydrogen-bond acceptors (Lipinski definition) is 5. The lowest BCUT2D eigenvalue weighted by Gasteiger charge is -2.21. The molecule has 1 rings (SSSR count). The Balaban J connectivity index is 2.63. The van der Waals surface area contributed by atoms with Gasteiger partial charge in [-0.2, -0.15) is 5.06 Å². The highest BCUT2D eigenvalue weighted by Crippen LogP contribution is 2.25. The Bertz CT molecular complexity index is 354. The standard InChI is InChI=1S/C12H21N3O3/c1-8-10(7-16)9(2)18-15(8)12(17)11(14)5-3-4-6-13/h7,9,11H,3-6,13-14H2,1-2H3/t9?,11-/m1/s1. The molecule has 4 N–H and O–H groups in total. The molecule has 1 heterocycles. The number of amides is 1. The molecule has 0 aromatic carbocycles. The van der Waals surface area contributed by atoms with E-state index in [1.165, 1.54) is 0 Å². The molecular weight excluding hydrogens is 234 g/mol. The van der Waals surface area contributed by atoms with E-state index in [1.54, 1.807) is 13.8 Å². The van der Waals surface area contributed by atoms with Crippen LogP contribution in [0.4, 0.5) is 0 Å². The summed E-state index contributed by atoms with van der Waals surface area (Å²) in [6.45, 7) is 3.99. The number of nitrogens with zero attached hydrogens (tertiary/aromatic N) is 1. The average Bonchev–Trinajstić information content (AvgIpc) is 2.63. The molecule has 1 aliphatic heterocycles. The van der Waals surface area contributed by atoms with Crippen LogP contribution in [0.15, 0.2) is 11.3 Å². The molecule has 0 saturated heterocycles. The van der Waals surface area contributed by atoms with Gasteiger partial charge >= 0.3 is 0 Å². The number of hydrogen-bond donors (Lipinski definition) is 2. The van der Waals surface area contributed by atoms with E-state index in [2.05, 4.69) is 0 Å². The van der Waals surface area contributed by atoms with Crippen molar-refractivity contribution in [1.29, 1.82) is 0 Å². The third-order valence-electron chi connectivity index (χ3n) is 3.04. The molecule has 0 aliphatic carbocycles.